The van der Waals surface area contributed by atoms with Gasteiger partial charge in [-0.3, -0.25) is 0 Å². The highest BCUT2D eigenvalue weighted by Gasteiger charge is 2.21. The summed E-state index contributed by atoms with van der Waals surface area (Å²) in [6.45, 7) is 7.29. The molecule has 0 aliphatic carbocycles. The summed E-state index contributed by atoms with van der Waals surface area (Å²) in [5.41, 5.74) is 1.96. The number of nitrogens with zero attached hydrogens (tertiary/aromatic N) is 4. The molecule has 4 rings (SSSR count). The van der Waals surface area contributed by atoms with Gasteiger partial charge in [0.2, 0.25) is 5.95 Å². The van der Waals surface area contributed by atoms with Gasteiger partial charge in [-0.1, -0.05) is 18.3 Å². The van der Waals surface area contributed by atoms with Crippen molar-refractivity contribution in [2.75, 3.05) is 32.1 Å². The van der Waals surface area contributed by atoms with E-state index in [4.69, 9.17) is 4.74 Å². The number of ether oxygens (including phenoxy) is 1. The molecule has 148 valence electrons. The number of anilines is 1. The molecule has 7 nitrogen and oxygen atoms in total. The highest BCUT2D eigenvalue weighted by molar-refractivity contribution is 7.20. The second kappa shape index (κ2) is 7.89. The largest absolute Gasteiger partial charge is 0.507 e. The fourth-order valence-corrected chi connectivity index (χ4v) is 4.60. The van der Waals surface area contributed by atoms with E-state index in [-0.39, 0.29) is 5.75 Å². The van der Waals surface area contributed by atoms with Crippen molar-refractivity contribution in [3.63, 3.8) is 0 Å². The van der Waals surface area contributed by atoms with Gasteiger partial charge in [0, 0.05) is 34.3 Å². The number of likely N-dealkylation sites (tertiary alicyclic amines) is 1. The zero-order valence-electron chi connectivity index (χ0n) is 16.4. The Kier molecular flexibility index (Phi) is 5.32. The standard InChI is InChI=1S/C20H25N5O2S/c1-4-25-9-5-6-13(11-25)22-20-21-12(2)18(23-24-20)14-7-8-16-15(19(14)26)10-17(27-3)28-16/h7-8,10,13,26H,4-6,9,11H2,1-3H3,(H,21,22,24)/t13-/m1/s1. The fraction of sp³-hybridized carbons (Fsp3) is 0.450. The Bertz CT molecular complexity index is 990. The molecule has 0 unspecified atom stereocenters. The number of fused-ring (bicyclic) bond motifs is 1. The number of nitrogens with one attached hydrogen (secondary N) is 1. The molecule has 0 spiro atoms. The molecular weight excluding hydrogens is 374 g/mol. The van der Waals surface area contributed by atoms with Crippen molar-refractivity contribution in [1.29, 1.82) is 0 Å². The van der Waals surface area contributed by atoms with Crippen molar-refractivity contribution in [3.05, 3.63) is 23.9 Å². The smallest absolute Gasteiger partial charge is 0.243 e. The lowest BCUT2D eigenvalue weighted by Gasteiger charge is -2.32. The minimum Gasteiger partial charge on any atom is -0.507 e. The predicted molar refractivity (Wildman–Crippen MR) is 112 cm³/mol. The Morgan fingerprint density at radius 1 is 1.36 bits per heavy atom. The molecule has 1 saturated heterocycles. The molecule has 0 bridgehead atoms. The Morgan fingerprint density at radius 2 is 2.21 bits per heavy atom. The number of aromatic nitrogens is 3. The van der Waals surface area contributed by atoms with E-state index in [0.29, 0.717) is 23.2 Å². The second-order valence-corrected chi connectivity index (χ2v) is 8.14. The molecule has 0 saturated carbocycles. The Balaban J connectivity index is 1.59. The normalized spacial score (nSPS) is 17.8. The number of benzene rings is 1. The van der Waals surface area contributed by atoms with Crippen LogP contribution in [0, 0.1) is 6.92 Å². The van der Waals surface area contributed by atoms with E-state index in [1.807, 2.05) is 25.1 Å². The first-order valence-electron chi connectivity index (χ1n) is 9.59. The van der Waals surface area contributed by atoms with Crippen molar-refractivity contribution in [2.24, 2.45) is 0 Å². The van der Waals surface area contributed by atoms with E-state index in [9.17, 15) is 5.11 Å². The van der Waals surface area contributed by atoms with Gasteiger partial charge in [-0.2, -0.15) is 0 Å². The minimum absolute atomic E-state index is 0.183. The molecule has 0 amide bonds. The quantitative estimate of drug-likeness (QED) is 0.677. The van der Waals surface area contributed by atoms with Crippen molar-refractivity contribution < 1.29 is 9.84 Å². The van der Waals surface area contributed by atoms with E-state index in [1.165, 1.54) is 17.8 Å². The summed E-state index contributed by atoms with van der Waals surface area (Å²) in [4.78, 5) is 7.03. The summed E-state index contributed by atoms with van der Waals surface area (Å²) in [7, 11) is 1.62. The minimum atomic E-state index is 0.183. The Hall–Kier alpha value is -2.45. The fourth-order valence-electron chi connectivity index (χ4n) is 3.72. The summed E-state index contributed by atoms with van der Waals surface area (Å²) in [6, 6.07) is 6.00. The molecule has 3 aromatic rings. The van der Waals surface area contributed by atoms with Gasteiger partial charge in [-0.05, 0) is 45.0 Å². The van der Waals surface area contributed by atoms with E-state index in [1.54, 1.807) is 7.11 Å². The number of phenols is 1. The van der Waals surface area contributed by atoms with Gasteiger partial charge >= 0.3 is 0 Å². The average Bonchev–Trinajstić information content (AvgIpc) is 3.14. The first-order chi connectivity index (χ1) is 13.6. The van der Waals surface area contributed by atoms with Gasteiger partial charge in [0.1, 0.15) is 11.4 Å². The van der Waals surface area contributed by atoms with Gasteiger partial charge < -0.3 is 20.1 Å². The number of hydrogen-bond donors (Lipinski definition) is 2. The molecule has 0 radical (unpaired) electrons. The maximum atomic E-state index is 10.8. The predicted octanol–water partition coefficient (Wildman–Crippen LogP) is 3.67. The van der Waals surface area contributed by atoms with Crippen molar-refractivity contribution >= 4 is 27.4 Å². The van der Waals surface area contributed by atoms with Crippen LogP contribution in [0.25, 0.3) is 21.3 Å². The van der Waals surface area contributed by atoms with Crippen LogP contribution in [0.1, 0.15) is 25.5 Å². The van der Waals surface area contributed by atoms with E-state index in [2.05, 4.69) is 32.3 Å². The van der Waals surface area contributed by atoms with Crippen LogP contribution >= 0.6 is 11.3 Å². The summed E-state index contributed by atoms with van der Waals surface area (Å²) in [5, 5.41) is 24.3. The van der Waals surface area contributed by atoms with Crippen LogP contribution in [0.3, 0.4) is 0 Å². The zero-order valence-corrected chi connectivity index (χ0v) is 17.2. The van der Waals surface area contributed by atoms with Gasteiger partial charge in [0.05, 0.1) is 12.8 Å². The number of aryl methyl sites for hydroxylation is 1. The highest BCUT2D eigenvalue weighted by atomic mass is 32.1. The molecule has 1 aliphatic rings. The SMILES string of the molecule is CCN1CCC[C@@H](Nc2nnc(-c3ccc4sc(OC)cc4c3O)c(C)n2)C1. The van der Waals surface area contributed by atoms with Crippen molar-refractivity contribution in [3.8, 4) is 22.1 Å². The second-order valence-electron chi connectivity index (χ2n) is 7.09. The average molecular weight is 400 g/mol. The van der Waals surface area contributed by atoms with E-state index < -0.39 is 0 Å². The summed E-state index contributed by atoms with van der Waals surface area (Å²) >= 11 is 1.50. The van der Waals surface area contributed by atoms with Crippen LogP contribution < -0.4 is 10.1 Å². The van der Waals surface area contributed by atoms with Crippen molar-refractivity contribution in [2.45, 2.75) is 32.7 Å². The topological polar surface area (TPSA) is 83.4 Å². The van der Waals surface area contributed by atoms with Crippen LogP contribution in [0.15, 0.2) is 18.2 Å². The molecule has 2 aromatic heterocycles. The third-order valence-electron chi connectivity index (χ3n) is 5.25. The van der Waals surface area contributed by atoms with Gasteiger partial charge in [-0.15, -0.1) is 10.2 Å². The van der Waals surface area contributed by atoms with Crippen molar-refractivity contribution in [1.82, 2.24) is 20.1 Å². The summed E-state index contributed by atoms with van der Waals surface area (Å²) < 4.78 is 6.25. The molecule has 1 aliphatic heterocycles. The number of phenolic OH excluding ortho intramolecular Hbond substituents is 1. The molecular formula is C20H25N5O2S. The summed E-state index contributed by atoms with van der Waals surface area (Å²) in [6.07, 6.45) is 2.28. The maximum absolute atomic E-state index is 10.8. The van der Waals surface area contributed by atoms with Crippen LogP contribution in [0.5, 0.6) is 10.8 Å². The van der Waals surface area contributed by atoms with E-state index >= 15 is 0 Å². The van der Waals surface area contributed by atoms with Gasteiger partial charge in [0.15, 0.2) is 5.06 Å². The van der Waals surface area contributed by atoms with Crippen LogP contribution in [0.4, 0.5) is 5.95 Å². The number of thiophene rings is 1. The number of hydrogen-bond acceptors (Lipinski definition) is 8. The molecule has 2 N–H and O–H groups in total. The molecule has 1 atom stereocenters. The third-order valence-corrected chi connectivity index (χ3v) is 6.31. The highest BCUT2D eigenvalue weighted by Crippen LogP contribution is 2.41. The first kappa shape index (κ1) is 18.9. The zero-order chi connectivity index (χ0) is 19.7. The maximum Gasteiger partial charge on any atom is 0.243 e. The Labute approximate surface area is 168 Å². The lowest BCUT2D eigenvalue weighted by Crippen LogP contribution is -2.42. The monoisotopic (exact) mass is 399 g/mol. The lowest BCUT2D eigenvalue weighted by atomic mass is 10.1. The van der Waals surface area contributed by atoms with Crippen LogP contribution in [-0.4, -0.2) is 58.0 Å². The molecule has 28 heavy (non-hydrogen) atoms. The first-order valence-corrected chi connectivity index (χ1v) is 10.4. The van der Waals surface area contributed by atoms with Gasteiger partial charge in [-0.25, -0.2) is 4.98 Å². The van der Waals surface area contributed by atoms with Crippen LogP contribution in [-0.2, 0) is 0 Å². The molecule has 8 heteroatoms. The molecule has 3 heterocycles. The van der Waals surface area contributed by atoms with Crippen LogP contribution in [0.2, 0.25) is 0 Å². The Morgan fingerprint density at radius 3 is 2.96 bits per heavy atom. The molecule has 1 aromatic carbocycles. The number of piperidine rings is 1. The lowest BCUT2D eigenvalue weighted by molar-refractivity contribution is 0.226. The van der Waals surface area contributed by atoms with E-state index in [0.717, 1.165) is 46.9 Å². The third kappa shape index (κ3) is 3.62. The van der Waals surface area contributed by atoms with Gasteiger partial charge in [0.25, 0.3) is 0 Å². The summed E-state index contributed by atoms with van der Waals surface area (Å²) in [5.74, 6) is 0.727. The number of methoxy groups -OCH3 is 1. The number of rotatable bonds is 5. The number of likely N-dealkylation sites (N-methyl/N-ethyl adjacent to an activating group) is 1. The molecule has 1 fully saturated rings. The number of aromatic hydroxyl groups is 1.